The summed E-state index contributed by atoms with van der Waals surface area (Å²) >= 11 is 10.3. The van der Waals surface area contributed by atoms with Gasteiger partial charge >= 0.3 is 0 Å². The fraction of sp³-hybridized carbons (Fsp3) is 0.120. The molecular weight excluding hydrogens is 514 g/mol. The first-order valence-corrected chi connectivity index (χ1v) is 11.9. The zero-order chi connectivity index (χ0) is 23.4. The van der Waals surface area contributed by atoms with Gasteiger partial charge in [-0.3, -0.25) is 0 Å². The minimum absolute atomic E-state index is 0.547. The van der Waals surface area contributed by atoms with Gasteiger partial charge in [0.05, 0.1) is 15.7 Å². The number of aryl methyl sites for hydroxylation is 2. The van der Waals surface area contributed by atoms with Gasteiger partial charge in [0.25, 0.3) is 0 Å². The molecule has 168 valence electrons. The van der Waals surface area contributed by atoms with E-state index in [-0.39, 0.29) is 0 Å². The Morgan fingerprint density at radius 1 is 1.00 bits per heavy atom. The van der Waals surface area contributed by atoms with E-state index in [0.717, 1.165) is 61.0 Å². The lowest BCUT2D eigenvalue weighted by Crippen LogP contribution is -2.01. The van der Waals surface area contributed by atoms with Gasteiger partial charge in [0, 0.05) is 45.3 Å². The largest absolute Gasteiger partial charge is 0.354 e. The summed E-state index contributed by atoms with van der Waals surface area (Å²) in [5, 5.41) is 17.1. The summed E-state index contributed by atoms with van der Waals surface area (Å²) in [5.74, 6) is 0.625. The Bertz CT molecular complexity index is 1680. The molecular formula is C25H19BrClN7. The smallest absolute Gasteiger partial charge is 0.180 e. The van der Waals surface area contributed by atoms with E-state index in [9.17, 15) is 0 Å². The first-order chi connectivity index (χ1) is 16.5. The zero-order valence-corrected chi connectivity index (χ0v) is 20.7. The quantitative estimate of drug-likeness (QED) is 0.256. The Labute approximate surface area is 208 Å². The number of tetrazole rings is 1. The van der Waals surface area contributed by atoms with Crippen LogP contribution >= 0.6 is 27.5 Å². The predicted molar refractivity (Wildman–Crippen MR) is 138 cm³/mol. The van der Waals surface area contributed by atoms with Crippen molar-refractivity contribution in [3.05, 3.63) is 81.2 Å². The minimum Gasteiger partial charge on any atom is -0.354 e. The normalized spacial score (nSPS) is 11.6. The second kappa shape index (κ2) is 8.07. The summed E-state index contributed by atoms with van der Waals surface area (Å²) < 4.78 is 3.28. The molecule has 4 aromatic heterocycles. The topological polar surface area (TPSA) is 88.1 Å². The molecule has 4 heterocycles. The molecule has 9 heteroatoms. The number of aromatic nitrogens is 7. The molecule has 0 aliphatic rings. The van der Waals surface area contributed by atoms with Crippen LogP contribution in [0.3, 0.4) is 0 Å². The number of rotatable bonds is 4. The average Bonchev–Trinajstić information content (AvgIpc) is 3.54. The molecule has 6 rings (SSSR count). The number of nitrogens with one attached hydrogen (secondary N) is 2. The molecule has 2 N–H and O–H groups in total. The maximum atomic E-state index is 6.41. The van der Waals surface area contributed by atoms with E-state index in [1.54, 1.807) is 0 Å². The Kier molecular flexibility index (Phi) is 5.00. The van der Waals surface area contributed by atoms with E-state index in [1.807, 2.05) is 25.1 Å². The molecule has 0 aliphatic carbocycles. The van der Waals surface area contributed by atoms with Crippen molar-refractivity contribution in [2.24, 2.45) is 0 Å². The average molecular weight is 533 g/mol. The van der Waals surface area contributed by atoms with E-state index >= 15 is 0 Å². The van der Waals surface area contributed by atoms with Gasteiger partial charge in [-0.05, 0) is 70.0 Å². The van der Waals surface area contributed by atoms with Crippen molar-refractivity contribution in [1.82, 2.24) is 35.2 Å². The van der Waals surface area contributed by atoms with Crippen molar-refractivity contribution >= 4 is 49.3 Å². The van der Waals surface area contributed by atoms with Gasteiger partial charge in [0.15, 0.2) is 5.82 Å². The maximum Gasteiger partial charge on any atom is 0.180 e. The Balaban J connectivity index is 1.44. The van der Waals surface area contributed by atoms with Crippen LogP contribution < -0.4 is 0 Å². The number of benzene rings is 2. The van der Waals surface area contributed by atoms with Crippen LogP contribution in [-0.2, 0) is 6.54 Å². The number of H-pyrrole nitrogens is 2. The molecule has 0 spiro atoms. The molecule has 0 atom stereocenters. The lowest BCUT2D eigenvalue weighted by molar-refractivity contribution is 0.805. The summed E-state index contributed by atoms with van der Waals surface area (Å²) in [4.78, 5) is 7.96. The van der Waals surface area contributed by atoms with Crippen LogP contribution in [-0.4, -0.2) is 35.2 Å². The first-order valence-electron chi connectivity index (χ1n) is 10.8. The highest BCUT2D eigenvalue weighted by atomic mass is 79.9. The number of pyridine rings is 1. The van der Waals surface area contributed by atoms with Crippen LogP contribution in [0.4, 0.5) is 0 Å². The molecule has 0 bridgehead atoms. The third-order valence-corrected chi connectivity index (χ3v) is 7.24. The van der Waals surface area contributed by atoms with Crippen LogP contribution in [0.15, 0.2) is 59.1 Å². The van der Waals surface area contributed by atoms with Crippen LogP contribution in [0.2, 0.25) is 5.15 Å². The van der Waals surface area contributed by atoms with E-state index in [2.05, 4.69) is 94.4 Å². The van der Waals surface area contributed by atoms with Crippen LogP contribution in [0.25, 0.3) is 44.5 Å². The van der Waals surface area contributed by atoms with Crippen LogP contribution in [0.1, 0.15) is 17.0 Å². The SMILES string of the molecule is Cc1cc2c(cc(C)n2Cc2ccc3[nH]c(-c4ccccc4-c4nnn[nH]4)c(Br)c3c2)c(Cl)n1. The lowest BCUT2D eigenvalue weighted by atomic mass is 10.0. The van der Waals surface area contributed by atoms with E-state index in [4.69, 9.17) is 11.6 Å². The van der Waals surface area contributed by atoms with E-state index in [0.29, 0.717) is 11.0 Å². The van der Waals surface area contributed by atoms with Crippen molar-refractivity contribution < 1.29 is 0 Å². The summed E-state index contributed by atoms with van der Waals surface area (Å²) in [7, 11) is 0. The highest BCUT2D eigenvalue weighted by Gasteiger charge is 2.17. The maximum absolute atomic E-state index is 6.41. The Morgan fingerprint density at radius 3 is 2.62 bits per heavy atom. The Morgan fingerprint density at radius 2 is 1.82 bits per heavy atom. The third-order valence-electron chi connectivity index (χ3n) is 6.13. The zero-order valence-electron chi connectivity index (χ0n) is 18.4. The van der Waals surface area contributed by atoms with Gasteiger partial charge in [-0.15, -0.1) is 5.10 Å². The predicted octanol–water partition coefficient (Wildman–Crippen LogP) is 6.45. The molecule has 6 aromatic rings. The van der Waals surface area contributed by atoms with E-state index < -0.39 is 0 Å². The molecule has 0 radical (unpaired) electrons. The van der Waals surface area contributed by atoms with Crippen LogP contribution in [0.5, 0.6) is 0 Å². The molecule has 0 amide bonds. The standard InChI is InChI=1S/C25H19BrClN7/c1-13-9-21-19(24(27)28-13)10-14(2)34(21)12-15-7-8-20-18(11-15)22(26)23(29-20)16-5-3-4-6-17(16)25-30-32-33-31-25/h3-11,29H,12H2,1-2H3,(H,30,31,32,33). The van der Waals surface area contributed by atoms with E-state index in [1.165, 1.54) is 5.56 Å². The number of hydrogen-bond donors (Lipinski definition) is 2. The monoisotopic (exact) mass is 531 g/mol. The molecule has 2 aromatic carbocycles. The second-order valence-electron chi connectivity index (χ2n) is 8.35. The van der Waals surface area contributed by atoms with Crippen molar-refractivity contribution in [2.75, 3.05) is 0 Å². The van der Waals surface area contributed by atoms with Gasteiger partial charge < -0.3 is 9.55 Å². The summed E-state index contributed by atoms with van der Waals surface area (Å²) in [6, 6.07) is 18.7. The molecule has 0 saturated carbocycles. The third kappa shape index (κ3) is 3.41. The van der Waals surface area contributed by atoms with Crippen LogP contribution in [0, 0.1) is 13.8 Å². The van der Waals surface area contributed by atoms with Crippen molar-refractivity contribution in [3.63, 3.8) is 0 Å². The summed E-state index contributed by atoms with van der Waals surface area (Å²) in [6.45, 7) is 4.80. The second-order valence-corrected chi connectivity index (χ2v) is 9.50. The fourth-order valence-corrected chi connectivity index (χ4v) is 5.45. The number of hydrogen-bond acceptors (Lipinski definition) is 4. The Hall–Kier alpha value is -3.49. The molecule has 7 nitrogen and oxygen atoms in total. The number of fused-ring (bicyclic) bond motifs is 2. The highest BCUT2D eigenvalue weighted by Crippen LogP contribution is 2.39. The summed E-state index contributed by atoms with van der Waals surface area (Å²) in [5.41, 5.74) is 8.31. The highest BCUT2D eigenvalue weighted by molar-refractivity contribution is 9.10. The number of aromatic amines is 2. The van der Waals surface area contributed by atoms with Gasteiger partial charge in [-0.25, -0.2) is 10.1 Å². The van der Waals surface area contributed by atoms with Gasteiger partial charge in [-0.2, -0.15) is 0 Å². The minimum atomic E-state index is 0.547. The first kappa shape index (κ1) is 21.1. The van der Waals surface area contributed by atoms with Crippen molar-refractivity contribution in [2.45, 2.75) is 20.4 Å². The van der Waals surface area contributed by atoms with Crippen molar-refractivity contribution in [1.29, 1.82) is 0 Å². The number of nitrogens with zero attached hydrogens (tertiary/aromatic N) is 5. The fourth-order valence-electron chi connectivity index (χ4n) is 4.53. The number of halogens is 2. The molecule has 0 fully saturated rings. The van der Waals surface area contributed by atoms with Crippen molar-refractivity contribution in [3.8, 4) is 22.6 Å². The van der Waals surface area contributed by atoms with Gasteiger partial charge in [-0.1, -0.05) is 41.9 Å². The molecule has 0 saturated heterocycles. The molecule has 34 heavy (non-hydrogen) atoms. The summed E-state index contributed by atoms with van der Waals surface area (Å²) in [6.07, 6.45) is 0. The molecule has 0 unspecified atom stereocenters. The van der Waals surface area contributed by atoms with Gasteiger partial charge in [0.1, 0.15) is 5.15 Å². The van der Waals surface area contributed by atoms with Gasteiger partial charge in [0.2, 0.25) is 0 Å². The molecule has 0 aliphatic heterocycles. The lowest BCUT2D eigenvalue weighted by Gasteiger charge is -2.10.